The van der Waals surface area contributed by atoms with E-state index in [0.717, 1.165) is 4.90 Å². The van der Waals surface area contributed by atoms with Crippen molar-refractivity contribution in [3.8, 4) is 5.69 Å². The zero-order chi connectivity index (χ0) is 15.5. The molecule has 0 N–H and O–H groups in total. The summed E-state index contributed by atoms with van der Waals surface area (Å²) in [6.07, 6.45) is 1.53. The van der Waals surface area contributed by atoms with Crippen LogP contribution in [0.4, 0.5) is 4.39 Å². The highest BCUT2D eigenvalue weighted by molar-refractivity contribution is 7.99. The predicted octanol–water partition coefficient (Wildman–Crippen LogP) is 4.18. The van der Waals surface area contributed by atoms with Crippen molar-refractivity contribution in [2.24, 2.45) is 0 Å². The Morgan fingerprint density at radius 3 is 2.41 bits per heavy atom. The molecule has 0 unspecified atom stereocenters. The van der Waals surface area contributed by atoms with E-state index in [1.54, 1.807) is 24.3 Å². The van der Waals surface area contributed by atoms with E-state index >= 15 is 0 Å². The van der Waals surface area contributed by atoms with Gasteiger partial charge >= 0.3 is 0 Å². The summed E-state index contributed by atoms with van der Waals surface area (Å²) >= 11 is 7.43. The lowest BCUT2D eigenvalue weighted by Crippen LogP contribution is -2.21. The Morgan fingerprint density at radius 2 is 1.73 bits per heavy atom. The lowest BCUT2D eigenvalue weighted by atomic mass is 10.3. The Balaban J connectivity index is 1.96. The molecule has 1 aromatic heterocycles. The molecule has 3 rings (SSSR count). The van der Waals surface area contributed by atoms with Crippen LogP contribution in [-0.2, 0) is 0 Å². The molecule has 0 fully saturated rings. The summed E-state index contributed by atoms with van der Waals surface area (Å²) in [7, 11) is 0. The summed E-state index contributed by atoms with van der Waals surface area (Å²) in [5.74, 6) is -0.312. The van der Waals surface area contributed by atoms with E-state index in [2.05, 4.69) is 5.10 Å². The van der Waals surface area contributed by atoms with E-state index in [1.165, 1.54) is 34.8 Å². The summed E-state index contributed by atoms with van der Waals surface area (Å²) in [6, 6.07) is 15.0. The minimum absolute atomic E-state index is 0.0909. The molecular formula is C16H10ClFN2OS. The van der Waals surface area contributed by atoms with E-state index in [1.807, 2.05) is 18.2 Å². The van der Waals surface area contributed by atoms with Crippen LogP contribution in [0.1, 0.15) is 0 Å². The van der Waals surface area contributed by atoms with Crippen molar-refractivity contribution >= 4 is 23.4 Å². The average Bonchev–Trinajstić information content (AvgIpc) is 2.55. The summed E-state index contributed by atoms with van der Waals surface area (Å²) < 4.78 is 14.2. The minimum Gasteiger partial charge on any atom is -0.266 e. The third kappa shape index (κ3) is 3.05. The molecule has 0 saturated carbocycles. The van der Waals surface area contributed by atoms with Crippen molar-refractivity contribution in [3.63, 3.8) is 0 Å². The quantitative estimate of drug-likeness (QED) is 0.721. The number of benzene rings is 2. The third-order valence-electron chi connectivity index (χ3n) is 2.93. The van der Waals surface area contributed by atoms with Crippen LogP contribution in [-0.4, -0.2) is 9.78 Å². The van der Waals surface area contributed by atoms with Gasteiger partial charge in [-0.15, -0.1) is 0 Å². The Morgan fingerprint density at radius 1 is 1.05 bits per heavy atom. The maximum absolute atomic E-state index is 12.9. The molecule has 0 spiro atoms. The van der Waals surface area contributed by atoms with Gasteiger partial charge in [-0.2, -0.15) is 9.78 Å². The highest BCUT2D eigenvalue weighted by atomic mass is 35.5. The summed E-state index contributed by atoms with van der Waals surface area (Å²) in [5.41, 5.74) is 0.257. The van der Waals surface area contributed by atoms with E-state index in [4.69, 9.17) is 11.6 Å². The first-order valence-corrected chi connectivity index (χ1v) is 7.61. The van der Waals surface area contributed by atoms with Gasteiger partial charge in [0.1, 0.15) is 10.8 Å². The van der Waals surface area contributed by atoms with Gasteiger partial charge in [0.2, 0.25) is 0 Å². The van der Waals surface area contributed by atoms with E-state index in [0.29, 0.717) is 10.6 Å². The highest BCUT2D eigenvalue weighted by Gasteiger charge is 2.11. The number of halogens is 2. The molecule has 0 aliphatic rings. The predicted molar refractivity (Wildman–Crippen MR) is 85.4 cm³/mol. The van der Waals surface area contributed by atoms with Crippen LogP contribution in [0.15, 0.2) is 75.4 Å². The topological polar surface area (TPSA) is 34.9 Å². The molecule has 0 amide bonds. The average molecular weight is 333 g/mol. The Hall–Kier alpha value is -2.11. The van der Waals surface area contributed by atoms with Gasteiger partial charge in [-0.05, 0) is 36.4 Å². The first-order valence-electron chi connectivity index (χ1n) is 6.42. The SMILES string of the molecule is O=c1c(Cl)c(Sc2ccc(F)cc2)cnn1-c1ccccc1. The summed E-state index contributed by atoms with van der Waals surface area (Å²) in [6.45, 7) is 0. The van der Waals surface area contributed by atoms with Gasteiger partial charge in [0, 0.05) is 4.90 Å². The van der Waals surface area contributed by atoms with Crippen LogP contribution in [0.2, 0.25) is 5.02 Å². The van der Waals surface area contributed by atoms with Crippen molar-refractivity contribution < 1.29 is 4.39 Å². The van der Waals surface area contributed by atoms with Crippen LogP contribution < -0.4 is 5.56 Å². The Labute approximate surface area is 135 Å². The zero-order valence-electron chi connectivity index (χ0n) is 11.2. The molecule has 0 bridgehead atoms. The van der Waals surface area contributed by atoms with Crippen LogP contribution >= 0.6 is 23.4 Å². The maximum atomic E-state index is 12.9. The molecule has 0 atom stereocenters. The van der Waals surface area contributed by atoms with Crippen LogP contribution in [0.25, 0.3) is 5.69 Å². The molecule has 0 saturated heterocycles. The van der Waals surface area contributed by atoms with Gasteiger partial charge in [-0.1, -0.05) is 41.6 Å². The van der Waals surface area contributed by atoms with Gasteiger partial charge < -0.3 is 0 Å². The van der Waals surface area contributed by atoms with Crippen molar-refractivity contribution in [3.05, 3.63) is 82.0 Å². The molecule has 6 heteroatoms. The van der Waals surface area contributed by atoms with Crippen LogP contribution in [0.5, 0.6) is 0 Å². The number of hydrogen-bond acceptors (Lipinski definition) is 3. The van der Waals surface area contributed by atoms with E-state index in [9.17, 15) is 9.18 Å². The molecule has 3 aromatic rings. The third-order valence-corrected chi connectivity index (χ3v) is 4.44. The van der Waals surface area contributed by atoms with Crippen molar-refractivity contribution in [2.45, 2.75) is 9.79 Å². The highest BCUT2D eigenvalue weighted by Crippen LogP contribution is 2.31. The van der Waals surface area contributed by atoms with Crippen LogP contribution in [0.3, 0.4) is 0 Å². The lowest BCUT2D eigenvalue weighted by Gasteiger charge is -2.08. The van der Waals surface area contributed by atoms with Gasteiger partial charge in [-0.25, -0.2) is 4.39 Å². The Kier molecular flexibility index (Phi) is 4.27. The van der Waals surface area contributed by atoms with Gasteiger partial charge in [-0.3, -0.25) is 4.79 Å². The van der Waals surface area contributed by atoms with Gasteiger partial charge in [0.15, 0.2) is 0 Å². The van der Waals surface area contributed by atoms with E-state index < -0.39 is 0 Å². The van der Waals surface area contributed by atoms with E-state index in [-0.39, 0.29) is 16.4 Å². The number of aromatic nitrogens is 2. The first kappa shape index (κ1) is 14.8. The number of hydrogen-bond donors (Lipinski definition) is 0. The number of para-hydroxylation sites is 1. The Bertz CT molecular complexity index is 850. The maximum Gasteiger partial charge on any atom is 0.291 e. The lowest BCUT2D eigenvalue weighted by molar-refractivity contribution is 0.626. The molecule has 1 heterocycles. The summed E-state index contributed by atoms with van der Waals surface area (Å²) in [4.78, 5) is 13.6. The second-order valence-electron chi connectivity index (χ2n) is 4.43. The second kappa shape index (κ2) is 6.34. The minimum atomic E-state index is -0.389. The molecule has 0 aliphatic heterocycles. The zero-order valence-corrected chi connectivity index (χ0v) is 12.8. The monoisotopic (exact) mass is 332 g/mol. The molecule has 3 nitrogen and oxygen atoms in total. The fraction of sp³-hybridized carbons (Fsp3) is 0. The van der Waals surface area contributed by atoms with Crippen LogP contribution in [0, 0.1) is 5.82 Å². The fourth-order valence-corrected chi connectivity index (χ4v) is 2.92. The molecule has 0 radical (unpaired) electrons. The van der Waals surface area contributed by atoms with Crippen molar-refractivity contribution in [2.75, 3.05) is 0 Å². The second-order valence-corrected chi connectivity index (χ2v) is 5.92. The van der Waals surface area contributed by atoms with Gasteiger partial charge in [0.05, 0.1) is 16.8 Å². The molecule has 110 valence electrons. The number of rotatable bonds is 3. The smallest absolute Gasteiger partial charge is 0.266 e. The van der Waals surface area contributed by atoms with Crippen molar-refractivity contribution in [1.29, 1.82) is 0 Å². The number of nitrogens with zero attached hydrogens (tertiary/aromatic N) is 2. The molecular weight excluding hydrogens is 323 g/mol. The normalized spacial score (nSPS) is 10.6. The molecule has 0 aliphatic carbocycles. The summed E-state index contributed by atoms with van der Waals surface area (Å²) in [5, 5.41) is 4.24. The largest absolute Gasteiger partial charge is 0.291 e. The standard InChI is InChI=1S/C16H10ClFN2OS/c17-15-14(22-13-8-6-11(18)7-9-13)10-19-20(16(15)21)12-4-2-1-3-5-12/h1-10H. The molecule has 22 heavy (non-hydrogen) atoms. The molecule has 2 aromatic carbocycles. The first-order chi connectivity index (χ1) is 10.6. The van der Waals surface area contributed by atoms with Gasteiger partial charge in [0.25, 0.3) is 5.56 Å². The van der Waals surface area contributed by atoms with Crippen molar-refractivity contribution in [1.82, 2.24) is 9.78 Å². The fourth-order valence-electron chi connectivity index (χ4n) is 1.87.